The molecule has 0 radical (unpaired) electrons. The van der Waals surface area contributed by atoms with E-state index in [0.29, 0.717) is 45.3 Å². The number of carbonyl (C=O) groups is 3. The lowest BCUT2D eigenvalue weighted by Crippen LogP contribution is -2.56. The highest BCUT2D eigenvalue weighted by molar-refractivity contribution is 7.91. The van der Waals surface area contributed by atoms with Gasteiger partial charge in [0.2, 0.25) is 21.8 Å². The number of halogens is 1. The predicted molar refractivity (Wildman–Crippen MR) is 179 cm³/mol. The lowest BCUT2D eigenvalue weighted by molar-refractivity contribution is -0.131. The second kappa shape index (κ2) is 11.4. The Kier molecular flexibility index (Phi) is 7.63. The van der Waals surface area contributed by atoms with Crippen molar-refractivity contribution in [3.63, 3.8) is 0 Å². The zero-order valence-electron chi connectivity index (χ0n) is 26.6. The van der Waals surface area contributed by atoms with Gasteiger partial charge in [0, 0.05) is 33.5 Å². The number of sulfonamides is 1. The smallest absolute Gasteiger partial charge is 0.411 e. The summed E-state index contributed by atoms with van der Waals surface area (Å²) in [6.07, 6.45) is 1.25. The molecule has 4 aromatic rings. The summed E-state index contributed by atoms with van der Waals surface area (Å²) in [7, 11) is -3.86. The Morgan fingerprint density at radius 2 is 1.85 bits per heavy atom. The van der Waals surface area contributed by atoms with E-state index in [4.69, 9.17) is 30.5 Å². The Hall–Kier alpha value is -4.36. The van der Waals surface area contributed by atoms with E-state index in [1.165, 1.54) is 11.0 Å². The van der Waals surface area contributed by atoms with E-state index < -0.39 is 62.4 Å². The van der Waals surface area contributed by atoms with Crippen LogP contribution in [0.2, 0.25) is 5.02 Å². The molecule has 0 spiro atoms. The third-order valence-corrected chi connectivity index (χ3v) is 11.0. The molecule has 2 aromatic carbocycles. The number of nitrogens with one attached hydrogen (secondary N) is 2. The van der Waals surface area contributed by atoms with Gasteiger partial charge in [0.1, 0.15) is 34.4 Å². The fourth-order valence-corrected chi connectivity index (χ4v) is 7.84. The van der Waals surface area contributed by atoms with Crippen LogP contribution < -0.4 is 14.8 Å². The molecule has 1 saturated heterocycles. The zero-order valence-corrected chi connectivity index (χ0v) is 28.2. The lowest BCUT2D eigenvalue weighted by atomic mass is 10.1. The molecule has 14 heteroatoms. The van der Waals surface area contributed by atoms with Crippen molar-refractivity contribution in [2.24, 2.45) is 5.92 Å². The van der Waals surface area contributed by atoms with Gasteiger partial charge in [0.05, 0.1) is 11.8 Å². The number of ether oxygens (including phenoxy) is 2. The maximum absolute atomic E-state index is 14.0. The summed E-state index contributed by atoms with van der Waals surface area (Å²) in [5.41, 5.74) is -0.630. The third kappa shape index (κ3) is 5.83. The Morgan fingerprint density at radius 1 is 1.12 bits per heavy atom. The fourth-order valence-electron chi connectivity index (χ4n) is 6.30. The van der Waals surface area contributed by atoms with Crippen LogP contribution in [0.4, 0.5) is 4.79 Å². The molecule has 12 nitrogen and oxygen atoms in total. The zero-order chi connectivity index (χ0) is 34.2. The summed E-state index contributed by atoms with van der Waals surface area (Å²) in [6, 6.07) is 11.7. The quantitative estimate of drug-likeness (QED) is 0.236. The number of amides is 3. The molecule has 252 valence electrons. The van der Waals surface area contributed by atoms with Crippen LogP contribution in [-0.2, 0) is 24.3 Å². The minimum atomic E-state index is -3.86. The summed E-state index contributed by atoms with van der Waals surface area (Å²) in [5.74, 6) is -1.66. The van der Waals surface area contributed by atoms with E-state index in [9.17, 15) is 22.8 Å². The first kappa shape index (κ1) is 32.2. The van der Waals surface area contributed by atoms with E-state index >= 15 is 0 Å². The highest BCUT2D eigenvalue weighted by Crippen LogP contribution is 2.46. The molecule has 1 aliphatic heterocycles. The second-order valence-electron chi connectivity index (χ2n) is 13.7. The van der Waals surface area contributed by atoms with Gasteiger partial charge in [-0.05, 0) is 64.3 Å². The second-order valence-corrected chi connectivity index (χ2v) is 16.1. The van der Waals surface area contributed by atoms with Gasteiger partial charge in [-0.3, -0.25) is 19.2 Å². The third-order valence-electron chi connectivity index (χ3n) is 8.96. The molecule has 3 amide bonds. The first-order valence-electron chi connectivity index (χ1n) is 15.8. The SMILES string of the molecule is C=C[C@@H]1C[C@]1(NC(=O)[C@@H]1C[C@@H](Oc2nc3c4cc(Cl)ccc4oc3c3ccccc23)CN1C(=O)OC(C)(C)C)C(=O)NS(=O)(=O)C1CC1. The Morgan fingerprint density at radius 3 is 2.52 bits per heavy atom. The van der Waals surface area contributed by atoms with Crippen LogP contribution >= 0.6 is 11.6 Å². The molecule has 0 unspecified atom stereocenters. The lowest BCUT2D eigenvalue weighted by Gasteiger charge is -2.29. The molecule has 3 aliphatic rings. The topological polar surface area (TPSA) is 157 Å². The van der Waals surface area contributed by atoms with E-state index in [0.717, 1.165) is 5.39 Å². The number of hydrogen-bond donors (Lipinski definition) is 2. The van der Waals surface area contributed by atoms with E-state index in [2.05, 4.69) is 16.6 Å². The van der Waals surface area contributed by atoms with Crippen LogP contribution in [0.5, 0.6) is 5.88 Å². The van der Waals surface area contributed by atoms with Crippen molar-refractivity contribution in [3.05, 3.63) is 60.1 Å². The molecular formula is C34H35ClN4O8S. The molecule has 2 N–H and O–H groups in total. The number of pyridine rings is 1. The number of fused-ring (bicyclic) bond motifs is 5. The molecular weight excluding hydrogens is 660 g/mol. The van der Waals surface area contributed by atoms with Crippen LogP contribution in [0, 0.1) is 5.92 Å². The van der Waals surface area contributed by atoms with E-state index in [1.54, 1.807) is 39.0 Å². The maximum atomic E-state index is 14.0. The van der Waals surface area contributed by atoms with Crippen LogP contribution in [0.15, 0.2) is 59.5 Å². The normalized spacial score (nSPS) is 24.1. The summed E-state index contributed by atoms with van der Waals surface area (Å²) >= 11 is 6.30. The number of rotatable bonds is 8. The predicted octanol–water partition coefficient (Wildman–Crippen LogP) is 5.21. The molecule has 2 aromatic heterocycles. The Bertz CT molecular complexity index is 2120. The van der Waals surface area contributed by atoms with Crippen molar-refractivity contribution in [1.29, 1.82) is 0 Å². The summed E-state index contributed by atoms with van der Waals surface area (Å²) < 4.78 is 45.6. The van der Waals surface area contributed by atoms with Crippen molar-refractivity contribution in [2.45, 2.75) is 75.0 Å². The first-order chi connectivity index (χ1) is 22.7. The molecule has 7 rings (SSSR count). The van der Waals surface area contributed by atoms with Gasteiger partial charge in [-0.2, -0.15) is 0 Å². The van der Waals surface area contributed by atoms with Crippen LogP contribution in [0.3, 0.4) is 0 Å². The fraction of sp³-hybridized carbons (Fsp3) is 0.412. The number of furan rings is 1. The van der Waals surface area contributed by atoms with Crippen LogP contribution in [0.25, 0.3) is 32.8 Å². The van der Waals surface area contributed by atoms with Crippen molar-refractivity contribution in [2.75, 3.05) is 6.54 Å². The summed E-state index contributed by atoms with van der Waals surface area (Å²) in [5, 5.41) is 4.81. The summed E-state index contributed by atoms with van der Waals surface area (Å²) in [6.45, 7) is 8.89. The van der Waals surface area contributed by atoms with Crippen molar-refractivity contribution in [3.8, 4) is 5.88 Å². The standard InChI is InChI=1S/C34H35ClN4O8S/c1-5-18-16-34(18,31(41)38-48(43,44)21-11-12-21)37-29(40)25-15-20(17-39(25)32(42)47-33(2,3)4)45-30-23-9-7-6-8-22(23)28-27(36-30)24-14-19(35)10-13-26(24)46-28/h5-10,13-14,18,20-21,25H,1,11-12,15-17H2,2-4H3,(H,37,40)(H,38,41)/t18-,20-,25+,34-/m1/s1. The summed E-state index contributed by atoms with van der Waals surface area (Å²) in [4.78, 5) is 46.9. The van der Waals surface area contributed by atoms with Crippen LogP contribution in [-0.4, -0.2) is 71.3 Å². The highest BCUT2D eigenvalue weighted by atomic mass is 35.5. The average Bonchev–Trinajstić information content (AvgIpc) is 3.92. The molecule has 0 bridgehead atoms. The maximum Gasteiger partial charge on any atom is 0.411 e. The first-order valence-corrected chi connectivity index (χ1v) is 17.7. The molecule has 4 atom stereocenters. The Balaban J connectivity index is 1.19. The minimum Gasteiger partial charge on any atom is -0.472 e. The van der Waals surface area contributed by atoms with Gasteiger partial charge >= 0.3 is 6.09 Å². The number of nitrogens with zero attached hydrogens (tertiary/aromatic N) is 2. The van der Waals surface area contributed by atoms with Crippen molar-refractivity contribution >= 4 is 72.4 Å². The average molecular weight is 695 g/mol. The van der Waals surface area contributed by atoms with E-state index in [1.807, 2.05) is 24.3 Å². The monoisotopic (exact) mass is 694 g/mol. The van der Waals surface area contributed by atoms with Gasteiger partial charge < -0.3 is 19.2 Å². The molecule has 2 saturated carbocycles. The molecule has 48 heavy (non-hydrogen) atoms. The van der Waals surface area contributed by atoms with Gasteiger partial charge in [-0.15, -0.1) is 6.58 Å². The van der Waals surface area contributed by atoms with Gasteiger partial charge in [0.25, 0.3) is 5.91 Å². The number of hydrogen-bond acceptors (Lipinski definition) is 9. The van der Waals surface area contributed by atoms with Crippen molar-refractivity contribution < 1.29 is 36.7 Å². The largest absolute Gasteiger partial charge is 0.472 e. The number of benzene rings is 2. The van der Waals surface area contributed by atoms with Gasteiger partial charge in [-0.1, -0.05) is 35.9 Å². The highest BCUT2D eigenvalue weighted by Gasteiger charge is 2.62. The number of likely N-dealkylation sites (tertiary alicyclic amines) is 1. The van der Waals surface area contributed by atoms with Crippen LogP contribution in [0.1, 0.15) is 46.5 Å². The number of carbonyl (C=O) groups excluding carboxylic acids is 3. The number of aromatic nitrogens is 1. The Labute approximate surface area is 281 Å². The minimum absolute atomic E-state index is 0.0147. The van der Waals surface area contributed by atoms with Gasteiger partial charge in [0.15, 0.2) is 5.58 Å². The molecule has 3 fully saturated rings. The van der Waals surface area contributed by atoms with E-state index in [-0.39, 0.29) is 25.3 Å². The molecule has 3 heterocycles. The van der Waals surface area contributed by atoms with Crippen molar-refractivity contribution in [1.82, 2.24) is 19.9 Å². The molecule has 2 aliphatic carbocycles. The van der Waals surface area contributed by atoms with Gasteiger partial charge in [-0.25, -0.2) is 18.2 Å².